The summed E-state index contributed by atoms with van der Waals surface area (Å²) in [5.41, 5.74) is 4.04. The van der Waals surface area contributed by atoms with Gasteiger partial charge in [-0.05, 0) is 70.8 Å². The monoisotopic (exact) mass is 490 g/mol. The Balaban J connectivity index is 1.37. The molecule has 0 amide bonds. The summed E-state index contributed by atoms with van der Waals surface area (Å²) in [5, 5.41) is 0. The van der Waals surface area contributed by atoms with Gasteiger partial charge in [-0.2, -0.15) is 0 Å². The quantitative estimate of drug-likeness (QED) is 0.161. The summed E-state index contributed by atoms with van der Waals surface area (Å²) in [7, 11) is 0. The maximum atomic E-state index is 12.6. The van der Waals surface area contributed by atoms with E-state index in [4.69, 9.17) is 14.2 Å². The summed E-state index contributed by atoms with van der Waals surface area (Å²) >= 11 is 0. The second kappa shape index (κ2) is 11.5. The fraction of sp³-hybridized carbons (Fsp3) is 0. The van der Waals surface area contributed by atoms with Crippen LogP contribution >= 0.6 is 0 Å². The minimum absolute atomic E-state index is 0.411. The Morgan fingerprint density at radius 1 is 0.459 bits per heavy atom. The first-order valence-electron chi connectivity index (χ1n) is 11.3. The van der Waals surface area contributed by atoms with E-state index in [-0.39, 0.29) is 0 Å². The maximum Gasteiger partial charge on any atom is 0.343 e. The summed E-state index contributed by atoms with van der Waals surface area (Å²) < 4.78 is 15.7. The molecular weight excluding hydrogens is 468 g/mol. The summed E-state index contributed by atoms with van der Waals surface area (Å²) in [6, 6.07) is 28.2. The molecular formula is C31H22O6. The zero-order valence-corrected chi connectivity index (χ0v) is 19.8. The van der Waals surface area contributed by atoms with Crippen LogP contribution in [0.15, 0.2) is 122 Å². The van der Waals surface area contributed by atoms with Gasteiger partial charge in [0.15, 0.2) is 0 Å². The van der Waals surface area contributed by atoms with Crippen LogP contribution in [0, 0.1) is 0 Å². The van der Waals surface area contributed by atoms with Gasteiger partial charge in [0.1, 0.15) is 17.2 Å². The van der Waals surface area contributed by atoms with Crippen LogP contribution in [-0.2, 0) is 9.59 Å². The first kappa shape index (κ1) is 24.9. The van der Waals surface area contributed by atoms with E-state index < -0.39 is 17.9 Å². The molecule has 182 valence electrons. The number of carbonyl (C=O) groups is 3. The second-order valence-electron chi connectivity index (χ2n) is 7.79. The molecule has 0 aliphatic heterocycles. The van der Waals surface area contributed by atoms with Crippen molar-refractivity contribution in [1.29, 1.82) is 0 Å². The van der Waals surface area contributed by atoms with Crippen LogP contribution in [0.5, 0.6) is 17.2 Å². The van der Waals surface area contributed by atoms with E-state index in [2.05, 4.69) is 13.2 Å². The van der Waals surface area contributed by atoms with Gasteiger partial charge in [-0.1, -0.05) is 61.7 Å². The van der Waals surface area contributed by atoms with Crippen molar-refractivity contribution in [2.45, 2.75) is 0 Å². The average molecular weight is 491 g/mol. The van der Waals surface area contributed by atoms with Crippen LogP contribution in [0.4, 0.5) is 0 Å². The number of rotatable bonds is 8. The Bertz CT molecular complexity index is 1430. The Kier molecular flexibility index (Phi) is 7.71. The largest absolute Gasteiger partial charge is 0.423 e. The summed E-state index contributed by atoms with van der Waals surface area (Å²) in [6.45, 7) is 6.75. The van der Waals surface area contributed by atoms with Crippen molar-refractivity contribution in [3.05, 3.63) is 128 Å². The Labute approximate surface area is 214 Å². The van der Waals surface area contributed by atoms with Crippen LogP contribution in [0.2, 0.25) is 0 Å². The average Bonchev–Trinajstić information content (AvgIpc) is 2.94. The lowest BCUT2D eigenvalue weighted by molar-refractivity contribution is -0.129. The van der Waals surface area contributed by atoms with Crippen molar-refractivity contribution >= 4 is 17.9 Å². The third-order valence-corrected chi connectivity index (χ3v) is 5.33. The Hall–Kier alpha value is -5.23. The third kappa shape index (κ3) is 6.46. The van der Waals surface area contributed by atoms with Crippen molar-refractivity contribution in [3.8, 4) is 39.5 Å². The van der Waals surface area contributed by atoms with Gasteiger partial charge in [-0.25, -0.2) is 14.4 Å². The first-order valence-corrected chi connectivity index (χ1v) is 11.3. The Morgan fingerprint density at radius 3 is 1.08 bits per heavy atom. The molecule has 0 aliphatic rings. The van der Waals surface area contributed by atoms with Gasteiger partial charge >= 0.3 is 17.9 Å². The van der Waals surface area contributed by atoms with Crippen molar-refractivity contribution in [2.75, 3.05) is 0 Å². The van der Waals surface area contributed by atoms with Gasteiger partial charge in [0.05, 0.1) is 5.56 Å². The molecule has 37 heavy (non-hydrogen) atoms. The smallest absolute Gasteiger partial charge is 0.343 e. The molecule has 0 atom stereocenters. The summed E-state index contributed by atoms with van der Waals surface area (Å²) in [4.78, 5) is 35.2. The lowest BCUT2D eigenvalue weighted by Crippen LogP contribution is -2.08. The highest BCUT2D eigenvalue weighted by Crippen LogP contribution is 2.26. The summed E-state index contributed by atoms with van der Waals surface area (Å²) in [5.74, 6) is -0.246. The van der Waals surface area contributed by atoms with Gasteiger partial charge < -0.3 is 14.2 Å². The molecule has 0 radical (unpaired) electrons. The van der Waals surface area contributed by atoms with Crippen LogP contribution in [0.3, 0.4) is 0 Å². The van der Waals surface area contributed by atoms with Crippen molar-refractivity contribution in [3.63, 3.8) is 0 Å². The molecule has 0 bridgehead atoms. The molecule has 0 saturated heterocycles. The zero-order valence-electron chi connectivity index (χ0n) is 19.8. The van der Waals surface area contributed by atoms with E-state index in [0.717, 1.165) is 34.4 Å². The van der Waals surface area contributed by atoms with Gasteiger partial charge in [0.2, 0.25) is 0 Å². The van der Waals surface area contributed by atoms with Gasteiger partial charge in [-0.3, -0.25) is 0 Å². The molecule has 0 spiro atoms. The Morgan fingerprint density at radius 2 is 0.757 bits per heavy atom. The lowest BCUT2D eigenvalue weighted by atomic mass is 10.0. The number of benzene rings is 4. The molecule has 0 saturated carbocycles. The molecule has 4 aromatic carbocycles. The number of hydrogen-bond donors (Lipinski definition) is 0. The third-order valence-electron chi connectivity index (χ3n) is 5.33. The molecule has 4 rings (SSSR count). The molecule has 0 heterocycles. The zero-order chi connectivity index (χ0) is 26.2. The van der Waals surface area contributed by atoms with Crippen molar-refractivity contribution in [2.24, 2.45) is 0 Å². The molecule has 0 aromatic heterocycles. The van der Waals surface area contributed by atoms with E-state index >= 15 is 0 Å². The minimum Gasteiger partial charge on any atom is -0.423 e. The van der Waals surface area contributed by atoms with Crippen LogP contribution < -0.4 is 14.2 Å². The van der Waals surface area contributed by atoms with Gasteiger partial charge in [0, 0.05) is 12.2 Å². The topological polar surface area (TPSA) is 78.9 Å². The number of hydrogen-bond acceptors (Lipinski definition) is 6. The van der Waals surface area contributed by atoms with Crippen molar-refractivity contribution < 1.29 is 28.6 Å². The number of esters is 3. The SMILES string of the molecule is C=CC(=O)Oc1ccc(-c2ccc(OC(=O)c3ccc(-c4ccc(OC(=O)C=C)cc4)cc3)cc2)cc1. The van der Waals surface area contributed by atoms with Crippen molar-refractivity contribution in [1.82, 2.24) is 0 Å². The standard InChI is InChI=1S/C31H22O6/c1-3-29(32)35-26-15-9-22(10-16-26)21-5-7-25(8-6-21)31(34)37-28-19-13-24(14-20-28)23-11-17-27(18-12-23)36-30(33)4-2/h3-20H,1-2H2. The molecule has 0 aliphatic carbocycles. The van der Waals surface area contributed by atoms with E-state index in [1.807, 2.05) is 48.5 Å². The number of carbonyl (C=O) groups excluding carboxylic acids is 3. The molecule has 6 nitrogen and oxygen atoms in total. The molecule has 0 fully saturated rings. The van der Waals surface area contributed by atoms with Crippen LogP contribution in [0.1, 0.15) is 10.4 Å². The fourth-order valence-corrected chi connectivity index (χ4v) is 3.43. The predicted octanol–water partition coefficient (Wildman–Crippen LogP) is 6.42. The maximum absolute atomic E-state index is 12.6. The van der Waals surface area contributed by atoms with E-state index in [1.165, 1.54) is 0 Å². The first-order chi connectivity index (χ1) is 17.9. The molecule has 6 heteroatoms. The van der Waals surface area contributed by atoms with E-state index in [1.54, 1.807) is 48.5 Å². The normalized spacial score (nSPS) is 10.2. The predicted molar refractivity (Wildman–Crippen MR) is 140 cm³/mol. The van der Waals surface area contributed by atoms with Gasteiger partial charge in [-0.15, -0.1) is 0 Å². The molecule has 0 N–H and O–H groups in total. The highest BCUT2D eigenvalue weighted by atomic mass is 16.5. The van der Waals surface area contributed by atoms with E-state index in [0.29, 0.717) is 22.8 Å². The summed E-state index contributed by atoms with van der Waals surface area (Å²) in [6.07, 6.45) is 2.21. The molecule has 4 aromatic rings. The van der Waals surface area contributed by atoms with Gasteiger partial charge in [0.25, 0.3) is 0 Å². The number of ether oxygens (including phenoxy) is 3. The highest BCUT2D eigenvalue weighted by molar-refractivity contribution is 5.91. The van der Waals surface area contributed by atoms with Crippen LogP contribution in [0.25, 0.3) is 22.3 Å². The lowest BCUT2D eigenvalue weighted by Gasteiger charge is -2.08. The van der Waals surface area contributed by atoms with E-state index in [9.17, 15) is 14.4 Å². The highest BCUT2D eigenvalue weighted by Gasteiger charge is 2.10. The fourth-order valence-electron chi connectivity index (χ4n) is 3.43. The molecule has 0 unspecified atom stereocenters. The minimum atomic E-state index is -0.521. The van der Waals surface area contributed by atoms with Crippen LogP contribution in [-0.4, -0.2) is 17.9 Å². The second-order valence-corrected chi connectivity index (χ2v) is 7.79.